The molecule has 19 heavy (non-hydrogen) atoms. The van der Waals surface area contributed by atoms with Crippen LogP contribution in [0.2, 0.25) is 0 Å². The molecule has 1 amide bonds. The normalized spacial score (nSPS) is 13.6. The summed E-state index contributed by atoms with van der Waals surface area (Å²) in [7, 11) is 0. The summed E-state index contributed by atoms with van der Waals surface area (Å²) < 4.78 is 0. The molecule has 4 nitrogen and oxygen atoms in total. The van der Waals surface area contributed by atoms with E-state index >= 15 is 0 Å². The van der Waals surface area contributed by atoms with E-state index in [-0.39, 0.29) is 18.2 Å². The predicted octanol–water partition coefficient (Wildman–Crippen LogP) is 2.75. The molecule has 0 aliphatic rings. The largest absolute Gasteiger partial charge is 0.481 e. The van der Waals surface area contributed by atoms with E-state index in [0.717, 1.165) is 18.4 Å². The summed E-state index contributed by atoms with van der Waals surface area (Å²) in [5, 5.41) is 11.8. The lowest BCUT2D eigenvalue weighted by molar-refractivity contribution is -0.137. The maximum absolute atomic E-state index is 12.0. The van der Waals surface area contributed by atoms with Crippen LogP contribution in [0.1, 0.15) is 44.7 Å². The molecule has 0 radical (unpaired) electrons. The van der Waals surface area contributed by atoms with Gasteiger partial charge in [0, 0.05) is 5.92 Å². The number of nitrogens with one attached hydrogen (secondary N) is 1. The number of amides is 1. The molecule has 104 valence electrons. The van der Waals surface area contributed by atoms with Gasteiger partial charge in [0.1, 0.15) is 0 Å². The Bertz CT molecular complexity index is 417. The molecule has 0 bridgehead atoms. The number of carbonyl (C=O) groups excluding carboxylic acids is 1. The number of benzene rings is 1. The Morgan fingerprint density at radius 2 is 1.89 bits per heavy atom. The molecule has 0 heterocycles. The van der Waals surface area contributed by atoms with Gasteiger partial charge in [-0.15, -0.1) is 0 Å². The van der Waals surface area contributed by atoms with Gasteiger partial charge in [-0.05, 0) is 12.0 Å². The molecule has 1 aromatic carbocycles. The Hall–Kier alpha value is -1.84. The van der Waals surface area contributed by atoms with Crippen molar-refractivity contribution in [3.8, 4) is 0 Å². The van der Waals surface area contributed by atoms with Crippen molar-refractivity contribution >= 4 is 11.9 Å². The molecule has 2 unspecified atom stereocenters. The second kappa shape index (κ2) is 7.56. The van der Waals surface area contributed by atoms with Crippen LogP contribution in [0.3, 0.4) is 0 Å². The van der Waals surface area contributed by atoms with Crippen molar-refractivity contribution in [2.24, 2.45) is 5.92 Å². The third-order valence-corrected chi connectivity index (χ3v) is 3.07. The zero-order valence-electron chi connectivity index (χ0n) is 11.4. The zero-order chi connectivity index (χ0) is 14.3. The van der Waals surface area contributed by atoms with E-state index in [9.17, 15) is 9.59 Å². The maximum Gasteiger partial charge on any atom is 0.305 e. The van der Waals surface area contributed by atoms with Crippen molar-refractivity contribution in [3.05, 3.63) is 35.9 Å². The lowest BCUT2D eigenvalue weighted by Crippen LogP contribution is -2.34. The van der Waals surface area contributed by atoms with Crippen LogP contribution in [0.5, 0.6) is 0 Å². The molecule has 0 saturated heterocycles. The van der Waals surface area contributed by atoms with Crippen LogP contribution >= 0.6 is 0 Å². The van der Waals surface area contributed by atoms with Gasteiger partial charge >= 0.3 is 5.97 Å². The number of aliphatic carboxylic acids is 1. The highest BCUT2D eigenvalue weighted by atomic mass is 16.4. The third kappa shape index (κ3) is 5.12. The first-order valence-electron chi connectivity index (χ1n) is 6.61. The fraction of sp³-hybridized carbons (Fsp3) is 0.467. The van der Waals surface area contributed by atoms with Gasteiger partial charge in [-0.1, -0.05) is 50.6 Å². The second-order valence-corrected chi connectivity index (χ2v) is 4.76. The number of hydrogen-bond donors (Lipinski definition) is 2. The molecular formula is C15H21NO3. The molecule has 2 N–H and O–H groups in total. The first-order valence-corrected chi connectivity index (χ1v) is 6.61. The van der Waals surface area contributed by atoms with Gasteiger partial charge < -0.3 is 10.4 Å². The van der Waals surface area contributed by atoms with E-state index < -0.39 is 12.0 Å². The molecule has 0 fully saturated rings. The van der Waals surface area contributed by atoms with Gasteiger partial charge in [0.2, 0.25) is 5.91 Å². The van der Waals surface area contributed by atoms with Crippen molar-refractivity contribution in [1.29, 1.82) is 0 Å². The van der Waals surface area contributed by atoms with Crippen molar-refractivity contribution in [2.45, 2.75) is 39.2 Å². The zero-order valence-corrected chi connectivity index (χ0v) is 11.4. The predicted molar refractivity (Wildman–Crippen MR) is 73.7 cm³/mol. The lowest BCUT2D eigenvalue weighted by Gasteiger charge is -2.20. The number of carboxylic acids is 1. The van der Waals surface area contributed by atoms with E-state index in [1.165, 1.54) is 0 Å². The summed E-state index contributed by atoms with van der Waals surface area (Å²) in [6.45, 7) is 3.89. The minimum absolute atomic E-state index is 0.0862. The summed E-state index contributed by atoms with van der Waals surface area (Å²) >= 11 is 0. The van der Waals surface area contributed by atoms with E-state index in [2.05, 4.69) is 5.32 Å². The molecule has 0 aliphatic heterocycles. The van der Waals surface area contributed by atoms with Gasteiger partial charge in [0.05, 0.1) is 12.5 Å². The Balaban J connectivity index is 2.76. The smallest absolute Gasteiger partial charge is 0.305 e. The Morgan fingerprint density at radius 1 is 1.26 bits per heavy atom. The summed E-state index contributed by atoms with van der Waals surface area (Å²) in [6, 6.07) is 8.74. The standard InChI is InChI=1S/C15H21NO3/c1-3-7-11(2)15(19)16-13(10-14(17)18)12-8-5-4-6-9-12/h4-6,8-9,11,13H,3,7,10H2,1-2H3,(H,16,19)(H,17,18). The van der Waals surface area contributed by atoms with Crippen molar-refractivity contribution < 1.29 is 14.7 Å². The molecular weight excluding hydrogens is 242 g/mol. The van der Waals surface area contributed by atoms with Crippen LogP contribution in [-0.4, -0.2) is 17.0 Å². The van der Waals surface area contributed by atoms with Gasteiger partial charge in [-0.3, -0.25) is 9.59 Å². The van der Waals surface area contributed by atoms with Gasteiger partial charge in [0.15, 0.2) is 0 Å². The summed E-state index contributed by atoms with van der Waals surface area (Å²) in [4.78, 5) is 22.9. The molecule has 0 aliphatic carbocycles. The average molecular weight is 263 g/mol. The van der Waals surface area contributed by atoms with Crippen LogP contribution in [0.25, 0.3) is 0 Å². The number of hydrogen-bond acceptors (Lipinski definition) is 2. The van der Waals surface area contributed by atoms with Gasteiger partial charge in [0.25, 0.3) is 0 Å². The molecule has 1 aromatic rings. The minimum Gasteiger partial charge on any atom is -0.481 e. The van der Waals surface area contributed by atoms with Crippen LogP contribution in [-0.2, 0) is 9.59 Å². The minimum atomic E-state index is -0.919. The molecule has 0 aromatic heterocycles. The van der Waals surface area contributed by atoms with Crippen LogP contribution in [0.4, 0.5) is 0 Å². The second-order valence-electron chi connectivity index (χ2n) is 4.76. The summed E-state index contributed by atoms with van der Waals surface area (Å²) in [5.41, 5.74) is 0.821. The van der Waals surface area contributed by atoms with Gasteiger partial charge in [-0.2, -0.15) is 0 Å². The average Bonchev–Trinajstić information content (AvgIpc) is 2.38. The Labute approximate surface area is 113 Å². The molecule has 4 heteroatoms. The fourth-order valence-corrected chi connectivity index (χ4v) is 1.99. The highest BCUT2D eigenvalue weighted by Gasteiger charge is 2.20. The Kier molecular flexibility index (Phi) is 6.06. The van der Waals surface area contributed by atoms with Crippen molar-refractivity contribution in [2.75, 3.05) is 0 Å². The van der Waals surface area contributed by atoms with Gasteiger partial charge in [-0.25, -0.2) is 0 Å². The SMILES string of the molecule is CCCC(C)C(=O)NC(CC(=O)O)c1ccccc1. The topological polar surface area (TPSA) is 66.4 Å². The molecule has 0 saturated carbocycles. The summed E-state index contributed by atoms with van der Waals surface area (Å²) in [6.07, 6.45) is 1.64. The molecule has 0 spiro atoms. The van der Waals surface area contributed by atoms with E-state index in [1.54, 1.807) is 0 Å². The van der Waals surface area contributed by atoms with Crippen LogP contribution in [0, 0.1) is 5.92 Å². The highest BCUT2D eigenvalue weighted by molar-refractivity contribution is 5.79. The fourth-order valence-electron chi connectivity index (χ4n) is 1.99. The van der Waals surface area contributed by atoms with E-state index in [0.29, 0.717) is 0 Å². The maximum atomic E-state index is 12.0. The third-order valence-electron chi connectivity index (χ3n) is 3.07. The van der Waals surface area contributed by atoms with Crippen LogP contribution in [0.15, 0.2) is 30.3 Å². The number of rotatable bonds is 7. The van der Waals surface area contributed by atoms with Crippen LogP contribution < -0.4 is 5.32 Å². The number of carboxylic acid groups (broad SMARTS) is 1. The van der Waals surface area contributed by atoms with E-state index in [4.69, 9.17) is 5.11 Å². The van der Waals surface area contributed by atoms with Crippen molar-refractivity contribution in [1.82, 2.24) is 5.32 Å². The first-order chi connectivity index (χ1) is 9.04. The number of carbonyl (C=O) groups is 2. The monoisotopic (exact) mass is 263 g/mol. The summed E-state index contributed by atoms with van der Waals surface area (Å²) in [5.74, 6) is -1.10. The lowest BCUT2D eigenvalue weighted by atomic mass is 10.0. The molecule has 2 atom stereocenters. The quantitative estimate of drug-likeness (QED) is 0.795. The van der Waals surface area contributed by atoms with Crippen molar-refractivity contribution in [3.63, 3.8) is 0 Å². The first kappa shape index (κ1) is 15.2. The molecule has 1 rings (SSSR count). The van der Waals surface area contributed by atoms with E-state index in [1.807, 2.05) is 44.2 Å². The Morgan fingerprint density at radius 3 is 2.42 bits per heavy atom. The highest BCUT2D eigenvalue weighted by Crippen LogP contribution is 2.18.